The average molecular weight is 703 g/mol. The highest BCUT2D eigenvalue weighted by Gasteiger charge is 2.48. The van der Waals surface area contributed by atoms with E-state index >= 15 is 0 Å². The summed E-state index contributed by atoms with van der Waals surface area (Å²) in [6, 6.07) is 11.2. The van der Waals surface area contributed by atoms with Crippen LogP contribution in [0.4, 0.5) is 18.9 Å². The summed E-state index contributed by atoms with van der Waals surface area (Å²) in [7, 11) is -13.6. The van der Waals surface area contributed by atoms with Crippen molar-refractivity contribution >= 4 is 44.9 Å². The molecule has 1 atom stereocenters. The zero-order valence-corrected chi connectivity index (χ0v) is 27.7. The van der Waals surface area contributed by atoms with Crippen LogP contribution in [0.5, 0.6) is 0 Å². The normalized spacial score (nSPS) is 16.6. The van der Waals surface area contributed by atoms with Gasteiger partial charge in [-0.25, -0.2) is 22.0 Å². The smallest absolute Gasteiger partial charge is 0.380 e. The highest BCUT2D eigenvalue weighted by Crippen LogP contribution is 2.48. The third kappa shape index (κ3) is 10.4. The minimum Gasteiger partial charge on any atom is -0.380 e. The van der Waals surface area contributed by atoms with Gasteiger partial charge in [-0.2, -0.15) is 13.2 Å². The van der Waals surface area contributed by atoms with Crippen LogP contribution in [0, 0.1) is 0 Å². The van der Waals surface area contributed by atoms with Gasteiger partial charge < -0.3 is 19.3 Å². The molecule has 2 aromatic rings. The lowest BCUT2D eigenvalue weighted by Gasteiger charge is -2.36. The highest BCUT2D eigenvalue weighted by molar-refractivity contribution is 7.99. The summed E-state index contributed by atoms with van der Waals surface area (Å²) >= 11 is 1.44. The van der Waals surface area contributed by atoms with E-state index in [0.29, 0.717) is 51.0 Å². The lowest BCUT2D eigenvalue weighted by Crippen LogP contribution is -2.47. The molecule has 1 aliphatic rings. The molecule has 1 heterocycles. The van der Waals surface area contributed by atoms with E-state index in [1.165, 1.54) is 11.8 Å². The van der Waals surface area contributed by atoms with Crippen molar-refractivity contribution in [2.75, 3.05) is 63.3 Å². The van der Waals surface area contributed by atoms with Gasteiger partial charge in [-0.05, 0) is 50.6 Å². The van der Waals surface area contributed by atoms with Crippen LogP contribution in [0.25, 0.3) is 0 Å². The molecule has 1 fully saturated rings. The number of sulfonamides is 1. The summed E-state index contributed by atoms with van der Waals surface area (Å²) in [4.78, 5) is 3.10. The summed E-state index contributed by atoms with van der Waals surface area (Å²) in [5.74, 6) is 0.373. The Kier molecular flexibility index (Phi) is 13.2. The molecule has 0 radical (unpaired) electrons. The Balaban J connectivity index is 1.78. The Bertz CT molecular complexity index is 1480. The molecule has 18 heteroatoms. The van der Waals surface area contributed by atoms with Crippen LogP contribution >= 0.6 is 19.4 Å². The van der Waals surface area contributed by atoms with Gasteiger partial charge in [-0.15, -0.1) is 11.8 Å². The van der Waals surface area contributed by atoms with Crippen molar-refractivity contribution in [3.63, 3.8) is 0 Å². The number of nitrogens with one attached hydrogen (secondary N) is 1. The van der Waals surface area contributed by atoms with Gasteiger partial charge in [0.05, 0.1) is 23.8 Å². The molecule has 0 bridgehead atoms. The second kappa shape index (κ2) is 15.7. The van der Waals surface area contributed by atoms with E-state index < -0.39 is 48.8 Å². The van der Waals surface area contributed by atoms with E-state index in [1.807, 2.05) is 35.2 Å². The Morgan fingerprint density at radius 3 is 2.11 bits per heavy atom. The average Bonchev–Trinajstić information content (AvgIpc) is 2.95. The first-order valence-corrected chi connectivity index (χ1v) is 19.6. The molecule has 3 rings (SSSR count). The fraction of sp³-hybridized carbons (Fsp3) is 0.538. The predicted octanol–water partition coefficient (Wildman–Crippen LogP) is 4.43. The minimum atomic E-state index is -5.92. The molecule has 0 amide bonds. The van der Waals surface area contributed by atoms with Crippen LogP contribution in [0.2, 0.25) is 0 Å². The number of sulfone groups is 1. The second-order valence-electron chi connectivity index (χ2n) is 9.95. The summed E-state index contributed by atoms with van der Waals surface area (Å²) in [6.45, 7) is 7.04. The zero-order chi connectivity index (χ0) is 32.6. The first-order valence-electron chi connectivity index (χ1n) is 13.8. The first kappa shape index (κ1) is 36.8. The molecule has 2 aromatic carbocycles. The largest absolute Gasteiger partial charge is 0.501 e. The van der Waals surface area contributed by atoms with Gasteiger partial charge in [0.2, 0.25) is 10.0 Å². The van der Waals surface area contributed by atoms with Gasteiger partial charge in [-0.3, -0.25) is 9.46 Å². The summed E-state index contributed by atoms with van der Waals surface area (Å²) < 4.78 is 113. The van der Waals surface area contributed by atoms with E-state index in [9.17, 15) is 34.6 Å². The van der Waals surface area contributed by atoms with E-state index in [1.54, 1.807) is 13.8 Å². The van der Waals surface area contributed by atoms with Gasteiger partial charge >= 0.3 is 13.1 Å². The fourth-order valence-electron chi connectivity index (χ4n) is 4.53. The molecule has 3 N–H and O–H groups in total. The fourth-order valence-corrected chi connectivity index (χ4v) is 8.88. The quantitative estimate of drug-likeness (QED) is 0.189. The number of piperazine rings is 1. The molecule has 0 spiro atoms. The monoisotopic (exact) mass is 702 g/mol. The second-order valence-corrected chi connectivity index (χ2v) is 16.5. The molecular weight excluding hydrogens is 664 g/mol. The molecule has 44 heavy (non-hydrogen) atoms. The van der Waals surface area contributed by atoms with E-state index in [2.05, 4.69) is 10.2 Å². The van der Waals surface area contributed by atoms with Gasteiger partial charge in [0, 0.05) is 49.4 Å². The number of hydrogen-bond donors (Lipinski definition) is 2. The van der Waals surface area contributed by atoms with Crippen molar-refractivity contribution in [2.45, 2.75) is 46.5 Å². The van der Waals surface area contributed by atoms with Crippen LogP contribution in [-0.4, -0.2) is 96.2 Å². The van der Waals surface area contributed by atoms with Crippen LogP contribution in [-0.2, 0) is 33.5 Å². The van der Waals surface area contributed by atoms with Crippen LogP contribution in [0.3, 0.4) is 0 Å². The predicted molar refractivity (Wildman–Crippen MR) is 164 cm³/mol. The number of primary sulfonamides is 1. The molecule has 0 aliphatic carbocycles. The minimum absolute atomic E-state index is 0.172. The maximum atomic E-state index is 13.6. The standard InChI is InChI=1S/C26H38F3N4O7PS3/c1-3-39-41(34,40-4-2)20-33-16-14-32(15-17-33)13-12-21(19-42-22-8-6-5-7-9-22)31-24-11-10-23(44(30,37)38)18-25(24)43(35,36)26(27,28)29/h5-11,18,21,31H,3-4,12-17,19-20H2,1-2H3,(H2,30,37,38)/t21-/m1/s1. The van der Waals surface area contributed by atoms with Crippen molar-refractivity contribution in [1.82, 2.24) is 9.80 Å². The van der Waals surface area contributed by atoms with E-state index in [4.69, 9.17) is 14.2 Å². The third-order valence-corrected chi connectivity index (χ3v) is 12.4. The molecule has 0 unspecified atom stereocenters. The SMILES string of the molecule is CCOP(=O)(CN1CCN(CC[C@H](CSc2ccccc2)Nc2ccc(S(N)(=O)=O)cc2S(=O)(=O)C(F)(F)F)CC1)OCC. The molecule has 0 saturated carbocycles. The van der Waals surface area contributed by atoms with Gasteiger partial charge in [0.25, 0.3) is 9.84 Å². The third-order valence-electron chi connectivity index (χ3n) is 6.71. The number of halogens is 3. The van der Waals surface area contributed by atoms with Crippen molar-refractivity contribution in [1.29, 1.82) is 0 Å². The number of hydrogen-bond acceptors (Lipinski definition) is 11. The Morgan fingerprint density at radius 1 is 0.977 bits per heavy atom. The number of rotatable bonds is 16. The number of benzene rings is 2. The Labute approximate surface area is 261 Å². The molecule has 0 aromatic heterocycles. The van der Waals surface area contributed by atoms with Crippen LogP contribution < -0.4 is 10.5 Å². The highest BCUT2D eigenvalue weighted by atomic mass is 32.2. The number of nitrogens with two attached hydrogens (primary N) is 1. The van der Waals surface area contributed by atoms with Gasteiger partial charge in [0.1, 0.15) is 11.2 Å². The maximum absolute atomic E-state index is 13.6. The number of anilines is 1. The van der Waals surface area contributed by atoms with Crippen molar-refractivity contribution < 1.29 is 43.6 Å². The molecule has 11 nitrogen and oxygen atoms in total. The van der Waals surface area contributed by atoms with E-state index in [-0.39, 0.29) is 25.2 Å². The number of thioether (sulfide) groups is 1. The summed E-state index contributed by atoms with van der Waals surface area (Å²) in [5, 5.41) is 8.02. The Morgan fingerprint density at radius 2 is 1.57 bits per heavy atom. The van der Waals surface area contributed by atoms with Crippen molar-refractivity contribution in [3.8, 4) is 0 Å². The van der Waals surface area contributed by atoms with E-state index in [0.717, 1.165) is 17.0 Å². The van der Waals surface area contributed by atoms with Gasteiger partial charge in [0.15, 0.2) is 0 Å². The summed E-state index contributed by atoms with van der Waals surface area (Å²) in [6.07, 6.45) is 0.601. The topological polar surface area (TPSA) is 148 Å². The zero-order valence-electron chi connectivity index (χ0n) is 24.4. The lowest BCUT2D eigenvalue weighted by molar-refractivity contribution is -0.0435. The first-order chi connectivity index (χ1) is 20.6. The van der Waals surface area contributed by atoms with Crippen LogP contribution in [0.15, 0.2) is 63.2 Å². The maximum Gasteiger partial charge on any atom is 0.501 e. The number of alkyl halides is 3. The molecule has 1 aliphatic heterocycles. The number of nitrogens with zero attached hydrogens (tertiary/aromatic N) is 2. The van der Waals surface area contributed by atoms with Crippen molar-refractivity contribution in [2.24, 2.45) is 5.14 Å². The van der Waals surface area contributed by atoms with Crippen LogP contribution in [0.1, 0.15) is 20.3 Å². The van der Waals surface area contributed by atoms with Gasteiger partial charge in [-0.1, -0.05) is 18.2 Å². The molecular formula is C26H38F3N4O7PS3. The molecule has 1 saturated heterocycles. The van der Waals surface area contributed by atoms with Crippen molar-refractivity contribution in [3.05, 3.63) is 48.5 Å². The Hall–Kier alpha value is -1.69. The summed E-state index contributed by atoms with van der Waals surface area (Å²) in [5.41, 5.74) is -6.04. The molecule has 248 valence electrons. The lowest BCUT2D eigenvalue weighted by atomic mass is 10.2.